The van der Waals surface area contributed by atoms with Crippen LogP contribution in [0.4, 0.5) is 9.80 Å². The molecule has 2 saturated heterocycles. The van der Waals surface area contributed by atoms with E-state index in [4.69, 9.17) is 4.74 Å². The fourth-order valence-corrected chi connectivity index (χ4v) is 4.36. The fourth-order valence-electron chi connectivity index (χ4n) is 3.75. The normalized spacial score (nSPS) is 21.0. The molecule has 2 fully saturated rings. The summed E-state index contributed by atoms with van der Waals surface area (Å²) in [6.07, 6.45) is 2.94. The Bertz CT molecular complexity index is 656. The minimum absolute atomic E-state index is 0.103. The molecule has 1 N–H and O–H groups in total. The largest absolute Gasteiger partial charge is 0.466 e. The quantitative estimate of drug-likeness (QED) is 0.798. The van der Waals surface area contributed by atoms with Gasteiger partial charge in [0.05, 0.1) is 23.4 Å². The van der Waals surface area contributed by atoms with E-state index in [-0.39, 0.29) is 29.7 Å². The molecule has 1 aromatic rings. The van der Waals surface area contributed by atoms with Gasteiger partial charge in [-0.3, -0.25) is 14.9 Å². The number of carbonyl (C=O) groups excluding carboxylic acids is 3. The van der Waals surface area contributed by atoms with Crippen molar-refractivity contribution in [2.75, 3.05) is 38.1 Å². The van der Waals surface area contributed by atoms with Crippen LogP contribution >= 0.6 is 11.3 Å². The predicted molar refractivity (Wildman–Crippen MR) is 104 cm³/mol. The Hall–Kier alpha value is -2.09. The Morgan fingerprint density at radius 3 is 2.59 bits per heavy atom. The monoisotopic (exact) mass is 393 g/mol. The van der Waals surface area contributed by atoms with Crippen molar-refractivity contribution < 1.29 is 19.1 Å². The first-order valence-corrected chi connectivity index (χ1v) is 10.5. The van der Waals surface area contributed by atoms with E-state index >= 15 is 0 Å². The standard InChI is InChI=1S/C19H27N3O4S/c1-2-26-18(24)14-7-10-21(11-8-14)17(23)15-5-3-9-22(13-15)19(25)20-16-6-4-12-27-16/h4,6,12,14-15H,2-3,5,7-11,13H2,1H3,(H,20,25). The summed E-state index contributed by atoms with van der Waals surface area (Å²) in [7, 11) is 0. The zero-order chi connectivity index (χ0) is 19.2. The molecule has 2 aliphatic heterocycles. The summed E-state index contributed by atoms with van der Waals surface area (Å²) in [5.41, 5.74) is 0. The van der Waals surface area contributed by atoms with E-state index in [0.717, 1.165) is 17.8 Å². The van der Waals surface area contributed by atoms with E-state index in [1.807, 2.05) is 22.4 Å². The van der Waals surface area contributed by atoms with Gasteiger partial charge in [0.15, 0.2) is 0 Å². The van der Waals surface area contributed by atoms with Crippen LogP contribution in [0.25, 0.3) is 0 Å². The Morgan fingerprint density at radius 1 is 1.15 bits per heavy atom. The maximum absolute atomic E-state index is 12.9. The van der Waals surface area contributed by atoms with Crippen molar-refractivity contribution in [2.24, 2.45) is 11.8 Å². The fraction of sp³-hybridized carbons (Fsp3) is 0.632. The molecule has 8 heteroatoms. The maximum atomic E-state index is 12.9. The summed E-state index contributed by atoms with van der Waals surface area (Å²) >= 11 is 1.48. The molecule has 148 valence electrons. The smallest absolute Gasteiger partial charge is 0.322 e. The molecule has 0 bridgehead atoms. The molecule has 3 heterocycles. The third kappa shape index (κ3) is 5.00. The summed E-state index contributed by atoms with van der Waals surface area (Å²) in [4.78, 5) is 40.8. The zero-order valence-corrected chi connectivity index (χ0v) is 16.5. The molecule has 1 aromatic heterocycles. The molecule has 1 atom stereocenters. The van der Waals surface area contributed by atoms with Crippen LogP contribution in [0.5, 0.6) is 0 Å². The van der Waals surface area contributed by atoms with Crippen LogP contribution in [0, 0.1) is 11.8 Å². The van der Waals surface area contributed by atoms with Crippen LogP contribution in [-0.2, 0) is 14.3 Å². The van der Waals surface area contributed by atoms with Gasteiger partial charge in [0.2, 0.25) is 5.91 Å². The Kier molecular flexibility index (Phi) is 6.71. The third-order valence-corrected chi connectivity index (χ3v) is 6.02. The molecule has 7 nitrogen and oxygen atoms in total. The molecule has 0 aliphatic carbocycles. The van der Waals surface area contributed by atoms with Crippen LogP contribution in [-0.4, -0.2) is 60.5 Å². The molecular formula is C19H27N3O4S. The van der Waals surface area contributed by atoms with Gasteiger partial charge in [-0.25, -0.2) is 4.79 Å². The molecule has 0 saturated carbocycles. The number of likely N-dealkylation sites (tertiary alicyclic amines) is 2. The zero-order valence-electron chi connectivity index (χ0n) is 15.7. The van der Waals surface area contributed by atoms with Crippen molar-refractivity contribution in [3.63, 3.8) is 0 Å². The number of rotatable bonds is 4. The highest BCUT2D eigenvalue weighted by atomic mass is 32.1. The van der Waals surface area contributed by atoms with Gasteiger partial charge < -0.3 is 14.5 Å². The number of hydrogen-bond acceptors (Lipinski definition) is 5. The van der Waals surface area contributed by atoms with Crippen molar-refractivity contribution in [1.82, 2.24) is 9.80 Å². The van der Waals surface area contributed by atoms with Gasteiger partial charge in [0, 0.05) is 26.2 Å². The first-order chi connectivity index (χ1) is 13.1. The summed E-state index contributed by atoms with van der Waals surface area (Å²) in [6, 6.07) is 3.61. The average Bonchev–Trinajstić information content (AvgIpc) is 3.21. The lowest BCUT2D eigenvalue weighted by molar-refractivity contribution is -0.152. The first-order valence-electron chi connectivity index (χ1n) is 9.63. The van der Waals surface area contributed by atoms with Crippen LogP contribution in [0.1, 0.15) is 32.6 Å². The van der Waals surface area contributed by atoms with Crippen LogP contribution in [0.15, 0.2) is 17.5 Å². The minimum atomic E-state index is -0.160. The lowest BCUT2D eigenvalue weighted by atomic mass is 9.93. The SMILES string of the molecule is CCOC(=O)C1CCN(C(=O)C2CCCN(C(=O)Nc3cccs3)C2)CC1. The number of thiophene rings is 1. The molecule has 0 spiro atoms. The summed E-state index contributed by atoms with van der Waals surface area (Å²) in [6.45, 7) is 4.49. The van der Waals surface area contributed by atoms with Crippen molar-refractivity contribution in [3.8, 4) is 0 Å². The number of piperidine rings is 2. The Labute approximate surface area is 163 Å². The van der Waals surface area contributed by atoms with Crippen LogP contribution in [0.3, 0.4) is 0 Å². The number of carbonyl (C=O) groups is 3. The second kappa shape index (κ2) is 9.21. The van der Waals surface area contributed by atoms with Gasteiger partial charge >= 0.3 is 12.0 Å². The minimum Gasteiger partial charge on any atom is -0.466 e. The van der Waals surface area contributed by atoms with Gasteiger partial charge in [-0.15, -0.1) is 11.3 Å². The molecule has 1 unspecified atom stereocenters. The molecule has 27 heavy (non-hydrogen) atoms. The van der Waals surface area contributed by atoms with E-state index in [0.29, 0.717) is 45.6 Å². The average molecular weight is 394 g/mol. The van der Waals surface area contributed by atoms with Gasteiger partial charge in [-0.05, 0) is 50.1 Å². The summed E-state index contributed by atoms with van der Waals surface area (Å²) in [5.74, 6) is -0.315. The first kappa shape index (κ1) is 19.7. The predicted octanol–water partition coefficient (Wildman–Crippen LogP) is 2.79. The molecule has 3 amide bonds. The number of ether oxygens (including phenoxy) is 1. The number of hydrogen-bond donors (Lipinski definition) is 1. The van der Waals surface area contributed by atoms with E-state index < -0.39 is 0 Å². The van der Waals surface area contributed by atoms with Gasteiger partial charge in [0.25, 0.3) is 0 Å². The lowest BCUT2D eigenvalue weighted by Crippen LogP contribution is -2.49. The summed E-state index contributed by atoms with van der Waals surface area (Å²) in [5, 5.41) is 5.62. The second-order valence-corrected chi connectivity index (χ2v) is 7.99. The molecule has 3 rings (SSSR count). The Balaban J connectivity index is 1.50. The summed E-state index contributed by atoms with van der Waals surface area (Å²) < 4.78 is 5.08. The van der Waals surface area contributed by atoms with E-state index in [1.165, 1.54) is 11.3 Å². The number of esters is 1. The van der Waals surface area contributed by atoms with Crippen molar-refractivity contribution in [1.29, 1.82) is 0 Å². The van der Waals surface area contributed by atoms with Gasteiger partial charge in [0.1, 0.15) is 0 Å². The highest BCUT2D eigenvalue weighted by molar-refractivity contribution is 7.14. The molecule has 0 aromatic carbocycles. The Morgan fingerprint density at radius 2 is 1.93 bits per heavy atom. The van der Waals surface area contributed by atoms with Crippen molar-refractivity contribution >= 4 is 34.2 Å². The topological polar surface area (TPSA) is 79.0 Å². The van der Waals surface area contributed by atoms with E-state index in [9.17, 15) is 14.4 Å². The van der Waals surface area contributed by atoms with Gasteiger partial charge in [-0.2, -0.15) is 0 Å². The number of nitrogens with one attached hydrogen (secondary N) is 1. The van der Waals surface area contributed by atoms with Crippen molar-refractivity contribution in [3.05, 3.63) is 17.5 Å². The van der Waals surface area contributed by atoms with Gasteiger partial charge in [-0.1, -0.05) is 0 Å². The number of anilines is 1. The molecular weight excluding hydrogens is 366 g/mol. The van der Waals surface area contributed by atoms with Crippen LogP contribution < -0.4 is 5.32 Å². The number of urea groups is 1. The number of nitrogens with zero attached hydrogens (tertiary/aromatic N) is 2. The van der Waals surface area contributed by atoms with Crippen molar-refractivity contribution in [2.45, 2.75) is 32.6 Å². The molecule has 2 aliphatic rings. The third-order valence-electron chi connectivity index (χ3n) is 5.24. The maximum Gasteiger partial charge on any atom is 0.322 e. The number of amides is 3. The highest BCUT2D eigenvalue weighted by Crippen LogP contribution is 2.25. The molecule has 0 radical (unpaired) electrons. The van der Waals surface area contributed by atoms with E-state index in [2.05, 4.69) is 5.32 Å². The van der Waals surface area contributed by atoms with Crippen LogP contribution in [0.2, 0.25) is 0 Å². The highest BCUT2D eigenvalue weighted by Gasteiger charge is 2.34. The second-order valence-electron chi connectivity index (χ2n) is 7.04. The van der Waals surface area contributed by atoms with E-state index in [1.54, 1.807) is 11.8 Å². The lowest BCUT2D eigenvalue weighted by Gasteiger charge is -2.37.